The SMILES string of the molecule is COC(=O)C(CCc1ccccc1F)NC(=O)C(=O)N(C(C)C)C(C)C. The van der Waals surface area contributed by atoms with Crippen molar-refractivity contribution in [2.75, 3.05) is 7.11 Å². The Morgan fingerprint density at radius 3 is 2.19 bits per heavy atom. The fourth-order valence-electron chi connectivity index (χ4n) is 2.79. The van der Waals surface area contributed by atoms with Crippen LogP contribution in [-0.2, 0) is 25.5 Å². The minimum atomic E-state index is -1.03. The second-order valence-electron chi connectivity index (χ2n) is 6.58. The maximum absolute atomic E-state index is 13.7. The molecule has 0 aliphatic heterocycles. The number of nitrogens with zero attached hydrogens (tertiary/aromatic N) is 1. The van der Waals surface area contributed by atoms with Gasteiger partial charge in [0.1, 0.15) is 11.9 Å². The van der Waals surface area contributed by atoms with Gasteiger partial charge in [-0.05, 0) is 52.2 Å². The summed E-state index contributed by atoms with van der Waals surface area (Å²) in [6.45, 7) is 7.23. The van der Waals surface area contributed by atoms with Gasteiger partial charge < -0.3 is 15.0 Å². The molecule has 0 aliphatic carbocycles. The molecule has 6 nitrogen and oxygen atoms in total. The van der Waals surface area contributed by atoms with E-state index in [9.17, 15) is 18.8 Å². The van der Waals surface area contributed by atoms with Gasteiger partial charge in [-0.1, -0.05) is 18.2 Å². The molecule has 144 valence electrons. The zero-order chi connectivity index (χ0) is 19.9. The van der Waals surface area contributed by atoms with E-state index in [0.717, 1.165) is 0 Å². The molecule has 1 aromatic carbocycles. The second kappa shape index (κ2) is 9.89. The Balaban J connectivity index is 2.84. The van der Waals surface area contributed by atoms with Crippen LogP contribution in [0.25, 0.3) is 0 Å². The molecule has 2 amide bonds. The minimum absolute atomic E-state index is 0.121. The Morgan fingerprint density at radius 1 is 1.12 bits per heavy atom. The first-order valence-corrected chi connectivity index (χ1v) is 8.63. The third-order valence-electron chi connectivity index (χ3n) is 3.99. The van der Waals surface area contributed by atoms with Gasteiger partial charge in [-0.25, -0.2) is 9.18 Å². The highest BCUT2D eigenvalue weighted by atomic mass is 19.1. The average Bonchev–Trinajstić information content (AvgIpc) is 2.58. The van der Waals surface area contributed by atoms with Crippen LogP contribution >= 0.6 is 0 Å². The van der Waals surface area contributed by atoms with Crippen molar-refractivity contribution in [2.24, 2.45) is 0 Å². The minimum Gasteiger partial charge on any atom is -0.467 e. The first-order valence-electron chi connectivity index (χ1n) is 8.63. The molecule has 26 heavy (non-hydrogen) atoms. The van der Waals surface area contributed by atoms with Crippen LogP contribution in [-0.4, -0.2) is 47.9 Å². The van der Waals surface area contributed by atoms with Crippen LogP contribution in [0.3, 0.4) is 0 Å². The molecule has 1 atom stereocenters. The van der Waals surface area contributed by atoms with Gasteiger partial charge in [0.2, 0.25) is 0 Å². The number of amides is 2. The standard InChI is InChI=1S/C19H27FN2O4/c1-12(2)22(13(3)4)18(24)17(23)21-16(19(25)26-5)11-10-14-8-6-7-9-15(14)20/h6-9,12-13,16H,10-11H2,1-5H3,(H,21,23). The lowest BCUT2D eigenvalue weighted by atomic mass is 10.0. The lowest BCUT2D eigenvalue weighted by Crippen LogP contribution is -2.53. The number of carbonyl (C=O) groups excluding carboxylic acids is 3. The van der Waals surface area contributed by atoms with Crippen LogP contribution in [0, 0.1) is 5.82 Å². The number of aryl methyl sites for hydroxylation is 1. The van der Waals surface area contributed by atoms with Crippen molar-refractivity contribution < 1.29 is 23.5 Å². The predicted octanol–water partition coefficient (Wildman–Crippen LogP) is 2.06. The lowest BCUT2D eigenvalue weighted by Gasteiger charge is -2.30. The Labute approximate surface area is 153 Å². The van der Waals surface area contributed by atoms with E-state index in [-0.39, 0.29) is 30.7 Å². The molecule has 0 fully saturated rings. The number of halogens is 1. The second-order valence-corrected chi connectivity index (χ2v) is 6.58. The maximum Gasteiger partial charge on any atom is 0.328 e. The number of benzene rings is 1. The van der Waals surface area contributed by atoms with Crippen molar-refractivity contribution in [3.8, 4) is 0 Å². The monoisotopic (exact) mass is 366 g/mol. The van der Waals surface area contributed by atoms with E-state index in [1.54, 1.807) is 45.9 Å². The molecule has 0 aliphatic rings. The quantitative estimate of drug-likeness (QED) is 0.592. The topological polar surface area (TPSA) is 75.7 Å². The number of rotatable bonds is 7. The maximum atomic E-state index is 13.7. The Kier molecular flexibility index (Phi) is 8.22. The Hall–Kier alpha value is -2.44. The van der Waals surface area contributed by atoms with Crippen LogP contribution in [0.1, 0.15) is 39.7 Å². The molecule has 0 heterocycles. The van der Waals surface area contributed by atoms with Crippen LogP contribution in [0.2, 0.25) is 0 Å². The molecule has 1 unspecified atom stereocenters. The van der Waals surface area contributed by atoms with Crippen molar-refractivity contribution in [3.63, 3.8) is 0 Å². The first-order chi connectivity index (χ1) is 12.2. The molecule has 0 radical (unpaired) electrons. The summed E-state index contributed by atoms with van der Waals surface area (Å²) in [7, 11) is 1.20. The molecule has 0 bridgehead atoms. The van der Waals surface area contributed by atoms with E-state index < -0.39 is 23.8 Å². The molecule has 0 spiro atoms. The third-order valence-corrected chi connectivity index (χ3v) is 3.99. The number of esters is 1. The van der Waals surface area contributed by atoms with Crippen molar-refractivity contribution in [3.05, 3.63) is 35.6 Å². The summed E-state index contributed by atoms with van der Waals surface area (Å²) in [6, 6.07) is 4.84. The fraction of sp³-hybridized carbons (Fsp3) is 0.526. The van der Waals surface area contributed by atoms with Gasteiger partial charge in [-0.15, -0.1) is 0 Å². The molecular weight excluding hydrogens is 339 g/mol. The summed E-state index contributed by atoms with van der Waals surface area (Å²) in [5.74, 6) is -2.65. The highest BCUT2D eigenvalue weighted by molar-refractivity contribution is 6.35. The van der Waals surface area contributed by atoms with Gasteiger partial charge in [-0.2, -0.15) is 0 Å². The summed E-state index contributed by atoms with van der Waals surface area (Å²) in [6.07, 6.45) is 0.342. The van der Waals surface area contributed by atoms with Crippen LogP contribution in [0.5, 0.6) is 0 Å². The van der Waals surface area contributed by atoms with Crippen molar-refractivity contribution in [1.82, 2.24) is 10.2 Å². The zero-order valence-corrected chi connectivity index (χ0v) is 15.9. The van der Waals surface area contributed by atoms with Gasteiger partial charge in [0, 0.05) is 12.1 Å². The average molecular weight is 366 g/mol. The predicted molar refractivity (Wildman–Crippen MR) is 95.8 cm³/mol. The van der Waals surface area contributed by atoms with Gasteiger partial charge in [0.15, 0.2) is 0 Å². The molecule has 1 rings (SSSR count). The fourth-order valence-corrected chi connectivity index (χ4v) is 2.79. The van der Waals surface area contributed by atoms with Gasteiger partial charge >= 0.3 is 17.8 Å². The number of hydrogen-bond acceptors (Lipinski definition) is 4. The van der Waals surface area contributed by atoms with E-state index in [1.807, 2.05) is 0 Å². The van der Waals surface area contributed by atoms with Crippen LogP contribution < -0.4 is 5.32 Å². The molecule has 1 N–H and O–H groups in total. The molecule has 0 saturated heterocycles. The van der Waals surface area contributed by atoms with Crippen LogP contribution in [0.15, 0.2) is 24.3 Å². The van der Waals surface area contributed by atoms with Gasteiger partial charge in [-0.3, -0.25) is 9.59 Å². The largest absolute Gasteiger partial charge is 0.467 e. The highest BCUT2D eigenvalue weighted by Crippen LogP contribution is 2.12. The van der Waals surface area contributed by atoms with E-state index in [2.05, 4.69) is 5.32 Å². The number of ether oxygens (including phenoxy) is 1. The normalized spacial score (nSPS) is 12.0. The zero-order valence-electron chi connectivity index (χ0n) is 15.9. The lowest BCUT2D eigenvalue weighted by molar-refractivity contribution is -0.151. The van der Waals surface area contributed by atoms with Crippen molar-refractivity contribution in [2.45, 2.75) is 58.7 Å². The van der Waals surface area contributed by atoms with Crippen LogP contribution in [0.4, 0.5) is 4.39 Å². The Bertz CT molecular complexity index is 638. The third kappa shape index (κ3) is 5.82. The van der Waals surface area contributed by atoms with E-state index in [1.165, 1.54) is 18.1 Å². The highest BCUT2D eigenvalue weighted by Gasteiger charge is 2.30. The molecule has 0 aromatic heterocycles. The molecule has 0 saturated carbocycles. The molecular formula is C19H27FN2O4. The van der Waals surface area contributed by atoms with E-state index in [4.69, 9.17) is 4.74 Å². The number of nitrogens with one attached hydrogen (secondary N) is 1. The van der Waals surface area contributed by atoms with E-state index >= 15 is 0 Å². The van der Waals surface area contributed by atoms with Crippen molar-refractivity contribution >= 4 is 17.8 Å². The van der Waals surface area contributed by atoms with Gasteiger partial charge in [0.25, 0.3) is 0 Å². The summed E-state index contributed by atoms with van der Waals surface area (Å²) < 4.78 is 18.4. The number of methoxy groups -OCH3 is 1. The summed E-state index contributed by atoms with van der Waals surface area (Å²) in [5.41, 5.74) is 0.424. The van der Waals surface area contributed by atoms with E-state index in [0.29, 0.717) is 5.56 Å². The molecule has 7 heteroatoms. The van der Waals surface area contributed by atoms with Gasteiger partial charge in [0.05, 0.1) is 7.11 Å². The summed E-state index contributed by atoms with van der Waals surface area (Å²) in [4.78, 5) is 38.1. The Morgan fingerprint density at radius 2 is 1.69 bits per heavy atom. The summed E-state index contributed by atoms with van der Waals surface area (Å²) in [5, 5.41) is 2.42. The molecule has 1 aromatic rings. The smallest absolute Gasteiger partial charge is 0.328 e. The first kappa shape index (κ1) is 21.6. The number of carbonyl (C=O) groups is 3. The summed E-state index contributed by atoms with van der Waals surface area (Å²) >= 11 is 0. The number of hydrogen-bond donors (Lipinski definition) is 1. The van der Waals surface area contributed by atoms with Crippen molar-refractivity contribution in [1.29, 1.82) is 0 Å².